The third kappa shape index (κ3) is 5.55. The minimum absolute atomic E-state index is 0.0409. The Balaban J connectivity index is 1.46. The van der Waals surface area contributed by atoms with Crippen LogP contribution in [0.1, 0.15) is 41.4 Å². The summed E-state index contributed by atoms with van der Waals surface area (Å²) in [6, 6.07) is 17.3. The number of aryl methyl sites for hydroxylation is 1. The van der Waals surface area contributed by atoms with E-state index in [-0.39, 0.29) is 18.1 Å². The summed E-state index contributed by atoms with van der Waals surface area (Å²) in [5.74, 6) is 0.249. The molecule has 1 saturated heterocycles. The van der Waals surface area contributed by atoms with Gasteiger partial charge in [-0.25, -0.2) is 4.98 Å². The summed E-state index contributed by atoms with van der Waals surface area (Å²) in [7, 11) is 0. The second kappa shape index (κ2) is 10.6. The van der Waals surface area contributed by atoms with E-state index < -0.39 is 0 Å². The molecule has 1 fully saturated rings. The number of rotatable bonds is 8. The SMILES string of the molecule is Cc1nc(SCC(=O)N[C@H](c2ccccc2)c2ccc(Cl)cc2)n(C[C@@H]2CCCO2)c1C. The van der Waals surface area contributed by atoms with Crippen LogP contribution in [0, 0.1) is 13.8 Å². The maximum atomic E-state index is 13.0. The number of hydrogen-bond acceptors (Lipinski definition) is 4. The molecule has 2 heterocycles. The number of carbonyl (C=O) groups excluding carboxylic acids is 1. The van der Waals surface area contributed by atoms with E-state index in [1.807, 2.05) is 61.5 Å². The number of ether oxygens (including phenoxy) is 1. The molecule has 1 N–H and O–H groups in total. The van der Waals surface area contributed by atoms with Crippen LogP contribution in [0.5, 0.6) is 0 Å². The van der Waals surface area contributed by atoms with Crippen molar-refractivity contribution in [3.8, 4) is 0 Å². The van der Waals surface area contributed by atoms with Gasteiger partial charge in [-0.15, -0.1) is 0 Å². The largest absolute Gasteiger partial charge is 0.376 e. The van der Waals surface area contributed by atoms with E-state index in [1.54, 1.807) is 0 Å². The molecule has 0 unspecified atom stereocenters. The molecule has 3 aromatic rings. The molecule has 5 nitrogen and oxygen atoms in total. The first-order valence-corrected chi connectivity index (χ1v) is 12.3. The highest BCUT2D eigenvalue weighted by molar-refractivity contribution is 7.99. The van der Waals surface area contributed by atoms with E-state index in [9.17, 15) is 4.79 Å². The molecule has 2 atom stereocenters. The van der Waals surface area contributed by atoms with Crippen molar-refractivity contribution in [2.45, 2.75) is 50.5 Å². The molecule has 1 aliphatic heterocycles. The summed E-state index contributed by atoms with van der Waals surface area (Å²) in [6.07, 6.45) is 2.40. The number of nitrogens with zero attached hydrogens (tertiary/aromatic N) is 2. The van der Waals surface area contributed by atoms with Crippen molar-refractivity contribution in [2.75, 3.05) is 12.4 Å². The Morgan fingerprint density at radius 1 is 1.19 bits per heavy atom. The third-order valence-corrected chi connectivity index (χ3v) is 7.04. The van der Waals surface area contributed by atoms with E-state index in [1.165, 1.54) is 11.8 Å². The normalized spacial score (nSPS) is 16.8. The number of halogens is 1. The number of carbonyl (C=O) groups is 1. The Hall–Kier alpha value is -2.28. The number of imidazole rings is 1. The summed E-state index contributed by atoms with van der Waals surface area (Å²) in [5, 5.41) is 4.73. The van der Waals surface area contributed by atoms with E-state index >= 15 is 0 Å². The lowest BCUT2D eigenvalue weighted by molar-refractivity contribution is -0.119. The van der Waals surface area contributed by atoms with Crippen LogP contribution in [0.2, 0.25) is 5.02 Å². The number of benzene rings is 2. The molecule has 0 saturated carbocycles. The summed E-state index contributed by atoms with van der Waals surface area (Å²) in [4.78, 5) is 17.7. The van der Waals surface area contributed by atoms with E-state index in [0.29, 0.717) is 10.8 Å². The van der Waals surface area contributed by atoms with Crippen LogP contribution in [-0.4, -0.2) is 33.9 Å². The maximum absolute atomic E-state index is 13.0. The zero-order valence-electron chi connectivity index (χ0n) is 18.4. The van der Waals surface area contributed by atoms with Gasteiger partial charge in [0.2, 0.25) is 5.91 Å². The fourth-order valence-electron chi connectivity index (χ4n) is 3.93. The summed E-state index contributed by atoms with van der Waals surface area (Å²) < 4.78 is 8.01. The molecular formula is C25H28ClN3O2S. The van der Waals surface area contributed by atoms with Crippen LogP contribution in [0.15, 0.2) is 59.8 Å². The monoisotopic (exact) mass is 469 g/mol. The van der Waals surface area contributed by atoms with Crippen molar-refractivity contribution in [1.82, 2.24) is 14.9 Å². The zero-order chi connectivity index (χ0) is 22.5. The minimum atomic E-state index is -0.239. The first-order chi connectivity index (χ1) is 15.5. The highest BCUT2D eigenvalue weighted by Crippen LogP contribution is 2.26. The molecule has 0 aliphatic carbocycles. The lowest BCUT2D eigenvalue weighted by Crippen LogP contribution is -2.30. The van der Waals surface area contributed by atoms with Gasteiger partial charge >= 0.3 is 0 Å². The first-order valence-electron chi connectivity index (χ1n) is 10.9. The van der Waals surface area contributed by atoms with Crippen LogP contribution >= 0.6 is 23.4 Å². The number of aromatic nitrogens is 2. The highest BCUT2D eigenvalue weighted by atomic mass is 35.5. The van der Waals surface area contributed by atoms with E-state index in [4.69, 9.17) is 21.3 Å². The molecule has 1 aromatic heterocycles. The molecule has 0 bridgehead atoms. The topological polar surface area (TPSA) is 56.2 Å². The van der Waals surface area contributed by atoms with Gasteiger partial charge in [0.05, 0.1) is 30.1 Å². The van der Waals surface area contributed by atoms with Crippen LogP contribution in [0.25, 0.3) is 0 Å². The molecule has 7 heteroatoms. The number of hydrogen-bond donors (Lipinski definition) is 1. The Morgan fingerprint density at radius 3 is 2.59 bits per heavy atom. The second-order valence-corrected chi connectivity index (χ2v) is 9.44. The quantitative estimate of drug-likeness (QED) is 0.453. The van der Waals surface area contributed by atoms with Crippen LogP contribution in [0.3, 0.4) is 0 Å². The van der Waals surface area contributed by atoms with Gasteiger partial charge in [-0.1, -0.05) is 65.8 Å². The van der Waals surface area contributed by atoms with Gasteiger partial charge in [-0.2, -0.15) is 0 Å². The highest BCUT2D eigenvalue weighted by Gasteiger charge is 2.22. The Morgan fingerprint density at radius 2 is 1.91 bits per heavy atom. The lowest BCUT2D eigenvalue weighted by Gasteiger charge is -2.20. The Labute approximate surface area is 198 Å². The fourth-order valence-corrected chi connectivity index (χ4v) is 4.97. The van der Waals surface area contributed by atoms with Gasteiger partial charge in [0.25, 0.3) is 0 Å². The van der Waals surface area contributed by atoms with Crippen molar-refractivity contribution >= 4 is 29.3 Å². The molecule has 1 amide bonds. The van der Waals surface area contributed by atoms with Crippen molar-refractivity contribution in [2.24, 2.45) is 0 Å². The average molecular weight is 470 g/mol. The summed E-state index contributed by atoms with van der Waals surface area (Å²) in [6.45, 7) is 5.70. The van der Waals surface area contributed by atoms with E-state index in [0.717, 1.165) is 53.7 Å². The minimum Gasteiger partial charge on any atom is -0.376 e. The van der Waals surface area contributed by atoms with Gasteiger partial charge < -0.3 is 14.6 Å². The number of nitrogens with one attached hydrogen (secondary N) is 1. The molecule has 4 rings (SSSR count). The van der Waals surface area contributed by atoms with Gasteiger partial charge in [0, 0.05) is 17.3 Å². The fraction of sp³-hybridized carbons (Fsp3) is 0.360. The van der Waals surface area contributed by atoms with Gasteiger partial charge in [0.1, 0.15) is 0 Å². The van der Waals surface area contributed by atoms with Crippen molar-refractivity contribution in [1.29, 1.82) is 0 Å². The van der Waals surface area contributed by atoms with Crippen molar-refractivity contribution in [3.05, 3.63) is 82.1 Å². The average Bonchev–Trinajstić information content (AvgIpc) is 3.41. The van der Waals surface area contributed by atoms with Crippen molar-refractivity contribution in [3.63, 3.8) is 0 Å². The molecule has 0 spiro atoms. The zero-order valence-corrected chi connectivity index (χ0v) is 20.0. The van der Waals surface area contributed by atoms with Gasteiger partial charge in [-0.05, 0) is 49.9 Å². The second-order valence-electron chi connectivity index (χ2n) is 8.06. The molecular weight excluding hydrogens is 442 g/mol. The van der Waals surface area contributed by atoms with Crippen molar-refractivity contribution < 1.29 is 9.53 Å². The molecule has 32 heavy (non-hydrogen) atoms. The lowest BCUT2D eigenvalue weighted by atomic mass is 9.99. The molecule has 168 valence electrons. The molecule has 0 radical (unpaired) electrons. The number of amides is 1. The Kier molecular flexibility index (Phi) is 7.55. The predicted octanol–water partition coefficient (Wildman–Crippen LogP) is 5.33. The van der Waals surface area contributed by atoms with Crippen LogP contribution in [0.4, 0.5) is 0 Å². The predicted molar refractivity (Wildman–Crippen MR) is 129 cm³/mol. The van der Waals surface area contributed by atoms with Crippen LogP contribution in [-0.2, 0) is 16.1 Å². The summed E-state index contributed by atoms with van der Waals surface area (Å²) in [5.41, 5.74) is 4.14. The van der Waals surface area contributed by atoms with Gasteiger partial charge in [0.15, 0.2) is 5.16 Å². The Bertz CT molecular complexity index is 1050. The third-order valence-electron chi connectivity index (χ3n) is 5.81. The van der Waals surface area contributed by atoms with Gasteiger partial charge in [-0.3, -0.25) is 4.79 Å². The first kappa shape index (κ1) is 22.9. The number of thioether (sulfide) groups is 1. The van der Waals surface area contributed by atoms with E-state index in [2.05, 4.69) is 16.8 Å². The molecule has 1 aliphatic rings. The van der Waals surface area contributed by atoms with Crippen LogP contribution < -0.4 is 5.32 Å². The molecule has 2 aromatic carbocycles. The smallest absolute Gasteiger partial charge is 0.231 e. The summed E-state index contributed by atoms with van der Waals surface area (Å²) >= 11 is 7.54. The standard InChI is InChI=1S/C25H28ClN3O2S/c1-17-18(2)29(15-22-9-6-14-31-22)25(27-17)32-16-23(30)28-24(19-7-4-3-5-8-19)20-10-12-21(26)13-11-20/h3-5,7-8,10-13,22,24H,6,9,14-16H2,1-2H3,(H,28,30)/t22-,24+/m0/s1. The maximum Gasteiger partial charge on any atom is 0.231 e.